The molecule has 124 valence electrons. The highest BCUT2D eigenvalue weighted by atomic mass is 31.2. The standard InChI is InChI=1S/C15H29O5P/c1-3-19-21(17,20-4-2)13-11-14(16)8-7-10-15-9-5-6-12-18-15/h11,13-16H,3-10,12H2,1-2H3/b13-11+. The Bertz CT molecular complexity index is 329. The van der Waals surface area contributed by atoms with Gasteiger partial charge in [-0.1, -0.05) is 0 Å². The lowest BCUT2D eigenvalue weighted by Gasteiger charge is -2.22. The lowest BCUT2D eigenvalue weighted by Crippen LogP contribution is -2.19. The molecule has 5 nitrogen and oxygen atoms in total. The van der Waals surface area contributed by atoms with Crippen molar-refractivity contribution < 1.29 is 23.5 Å². The third kappa shape index (κ3) is 8.12. The summed E-state index contributed by atoms with van der Waals surface area (Å²) >= 11 is 0. The molecule has 2 atom stereocenters. The minimum absolute atomic E-state index is 0.316. The van der Waals surface area contributed by atoms with Gasteiger partial charge in [-0.2, -0.15) is 0 Å². The lowest BCUT2D eigenvalue weighted by atomic mass is 10.0. The second kappa shape index (κ2) is 10.5. The Kier molecular flexibility index (Phi) is 9.45. The number of ether oxygens (including phenoxy) is 1. The van der Waals surface area contributed by atoms with Crippen molar-refractivity contribution in [2.24, 2.45) is 0 Å². The van der Waals surface area contributed by atoms with Gasteiger partial charge in [0.05, 0.1) is 25.4 Å². The molecular formula is C15H29O5P. The van der Waals surface area contributed by atoms with Gasteiger partial charge in [-0.05, 0) is 58.4 Å². The van der Waals surface area contributed by atoms with Crippen LogP contribution in [0.15, 0.2) is 11.9 Å². The molecule has 1 fully saturated rings. The van der Waals surface area contributed by atoms with Crippen molar-refractivity contribution in [3.8, 4) is 0 Å². The molecule has 0 aliphatic carbocycles. The van der Waals surface area contributed by atoms with Crippen molar-refractivity contribution in [3.05, 3.63) is 11.9 Å². The second-order valence-electron chi connectivity index (χ2n) is 5.20. The first-order valence-electron chi connectivity index (χ1n) is 7.97. The van der Waals surface area contributed by atoms with Crippen LogP contribution in [0.3, 0.4) is 0 Å². The normalized spacial score (nSPS) is 21.8. The van der Waals surface area contributed by atoms with Crippen molar-refractivity contribution in [1.29, 1.82) is 0 Å². The van der Waals surface area contributed by atoms with E-state index in [0.717, 1.165) is 32.3 Å². The van der Waals surface area contributed by atoms with E-state index in [-0.39, 0.29) is 0 Å². The first-order chi connectivity index (χ1) is 10.1. The molecule has 1 aliphatic rings. The maximum atomic E-state index is 12.2. The van der Waals surface area contributed by atoms with E-state index in [1.54, 1.807) is 13.8 Å². The number of aliphatic hydroxyl groups is 1. The van der Waals surface area contributed by atoms with Gasteiger partial charge in [-0.3, -0.25) is 4.57 Å². The molecule has 0 saturated carbocycles. The van der Waals surface area contributed by atoms with Crippen LogP contribution in [0.2, 0.25) is 0 Å². The molecular weight excluding hydrogens is 291 g/mol. The fourth-order valence-electron chi connectivity index (χ4n) is 2.37. The summed E-state index contributed by atoms with van der Waals surface area (Å²) in [6.07, 6.45) is 7.25. The van der Waals surface area contributed by atoms with Gasteiger partial charge >= 0.3 is 7.60 Å². The first kappa shape index (κ1) is 18.9. The lowest BCUT2D eigenvalue weighted by molar-refractivity contribution is 0.00855. The van der Waals surface area contributed by atoms with E-state index in [1.807, 2.05) is 0 Å². The topological polar surface area (TPSA) is 65.0 Å². The molecule has 6 heteroatoms. The highest BCUT2D eigenvalue weighted by Gasteiger charge is 2.19. The minimum atomic E-state index is -3.20. The van der Waals surface area contributed by atoms with Gasteiger partial charge < -0.3 is 18.9 Å². The number of rotatable bonds is 10. The summed E-state index contributed by atoms with van der Waals surface area (Å²) in [5, 5.41) is 9.92. The van der Waals surface area contributed by atoms with Crippen LogP contribution in [0.4, 0.5) is 0 Å². The van der Waals surface area contributed by atoms with Crippen molar-refractivity contribution in [3.63, 3.8) is 0 Å². The highest BCUT2D eigenvalue weighted by Crippen LogP contribution is 2.49. The molecule has 1 N–H and O–H groups in total. The maximum Gasteiger partial charge on any atom is 0.353 e. The third-order valence-electron chi connectivity index (χ3n) is 3.41. The summed E-state index contributed by atoms with van der Waals surface area (Å²) in [6, 6.07) is 0. The van der Waals surface area contributed by atoms with Crippen LogP contribution < -0.4 is 0 Å². The van der Waals surface area contributed by atoms with Crippen LogP contribution in [-0.4, -0.2) is 37.1 Å². The zero-order valence-electron chi connectivity index (χ0n) is 13.2. The van der Waals surface area contributed by atoms with Crippen LogP contribution >= 0.6 is 7.60 Å². The molecule has 1 rings (SSSR count). The van der Waals surface area contributed by atoms with Gasteiger partial charge in [0.2, 0.25) is 0 Å². The van der Waals surface area contributed by atoms with Gasteiger partial charge in [0.15, 0.2) is 0 Å². The molecule has 1 saturated heterocycles. The number of hydrogen-bond donors (Lipinski definition) is 1. The van der Waals surface area contributed by atoms with Crippen LogP contribution in [0.25, 0.3) is 0 Å². The molecule has 0 amide bonds. The molecule has 0 aromatic rings. The molecule has 21 heavy (non-hydrogen) atoms. The summed E-state index contributed by atoms with van der Waals surface area (Å²) in [4.78, 5) is 0. The zero-order chi connectivity index (χ0) is 15.6. The van der Waals surface area contributed by atoms with Crippen molar-refractivity contribution >= 4 is 7.60 Å². The van der Waals surface area contributed by atoms with Gasteiger partial charge in [0.25, 0.3) is 0 Å². The molecule has 0 spiro atoms. The average Bonchev–Trinajstić information content (AvgIpc) is 2.47. The first-order valence-corrected chi connectivity index (χ1v) is 9.58. The van der Waals surface area contributed by atoms with Crippen LogP contribution in [0, 0.1) is 0 Å². The second-order valence-corrected chi connectivity index (χ2v) is 7.10. The van der Waals surface area contributed by atoms with Crippen molar-refractivity contribution in [1.82, 2.24) is 0 Å². The van der Waals surface area contributed by atoms with Crippen LogP contribution in [0.5, 0.6) is 0 Å². The predicted molar refractivity (Wildman–Crippen MR) is 83.4 cm³/mol. The SMILES string of the molecule is CCOP(=O)(/C=C/C(O)CCCC1CCCCO1)OCC. The summed E-state index contributed by atoms with van der Waals surface area (Å²) in [5.41, 5.74) is 0. The molecule has 0 radical (unpaired) electrons. The fourth-order valence-corrected chi connectivity index (χ4v) is 3.75. The molecule has 0 aromatic heterocycles. The van der Waals surface area contributed by atoms with E-state index in [0.29, 0.717) is 25.7 Å². The predicted octanol–water partition coefficient (Wildman–Crippen LogP) is 3.87. The molecule has 1 aliphatic heterocycles. The van der Waals surface area contributed by atoms with Gasteiger partial charge in [-0.25, -0.2) is 0 Å². The summed E-state index contributed by atoms with van der Waals surface area (Å²) in [6.45, 7) is 5.02. The van der Waals surface area contributed by atoms with E-state index >= 15 is 0 Å². The van der Waals surface area contributed by atoms with Crippen LogP contribution in [-0.2, 0) is 18.3 Å². The van der Waals surface area contributed by atoms with Gasteiger partial charge in [-0.15, -0.1) is 0 Å². The minimum Gasteiger partial charge on any atom is -0.389 e. The maximum absolute atomic E-state index is 12.2. The van der Waals surface area contributed by atoms with Crippen molar-refractivity contribution in [2.75, 3.05) is 19.8 Å². The quantitative estimate of drug-likeness (QED) is 0.619. The van der Waals surface area contributed by atoms with E-state index in [9.17, 15) is 9.67 Å². The fraction of sp³-hybridized carbons (Fsp3) is 0.867. The Hall–Kier alpha value is -0.190. The summed E-state index contributed by atoms with van der Waals surface area (Å²) in [5.74, 6) is 1.38. The van der Waals surface area contributed by atoms with E-state index in [1.165, 1.54) is 18.3 Å². The molecule has 0 bridgehead atoms. The largest absolute Gasteiger partial charge is 0.389 e. The van der Waals surface area contributed by atoms with Gasteiger partial charge in [0, 0.05) is 12.4 Å². The Labute approximate surface area is 128 Å². The highest BCUT2D eigenvalue weighted by molar-refractivity contribution is 7.57. The molecule has 0 aromatic carbocycles. The van der Waals surface area contributed by atoms with Gasteiger partial charge in [0.1, 0.15) is 0 Å². The van der Waals surface area contributed by atoms with Crippen LogP contribution in [0.1, 0.15) is 52.4 Å². The summed E-state index contributed by atoms with van der Waals surface area (Å²) in [7, 11) is -3.20. The molecule has 1 heterocycles. The zero-order valence-corrected chi connectivity index (χ0v) is 14.1. The Morgan fingerprint density at radius 3 is 2.62 bits per heavy atom. The monoisotopic (exact) mass is 320 g/mol. The number of hydrogen-bond acceptors (Lipinski definition) is 5. The van der Waals surface area contributed by atoms with E-state index < -0.39 is 13.7 Å². The Morgan fingerprint density at radius 2 is 2.05 bits per heavy atom. The van der Waals surface area contributed by atoms with E-state index in [4.69, 9.17) is 13.8 Å². The Morgan fingerprint density at radius 1 is 1.33 bits per heavy atom. The number of aliphatic hydroxyl groups excluding tert-OH is 1. The smallest absolute Gasteiger partial charge is 0.353 e. The third-order valence-corrected chi connectivity index (χ3v) is 5.18. The average molecular weight is 320 g/mol. The Balaban J connectivity index is 2.28. The molecule has 2 unspecified atom stereocenters. The summed E-state index contributed by atoms with van der Waals surface area (Å²) < 4.78 is 28.1. The van der Waals surface area contributed by atoms with E-state index in [2.05, 4.69) is 0 Å². The van der Waals surface area contributed by atoms with Crippen molar-refractivity contribution in [2.45, 2.75) is 64.6 Å².